The van der Waals surface area contributed by atoms with E-state index in [9.17, 15) is 27.2 Å². The van der Waals surface area contributed by atoms with Gasteiger partial charge in [-0.15, -0.1) is 0 Å². The van der Waals surface area contributed by atoms with E-state index in [0.29, 0.717) is 21.8 Å². The number of carbonyl (C=O) groups is 2. The second kappa shape index (κ2) is 10.9. The fourth-order valence-corrected chi connectivity index (χ4v) is 4.10. The Bertz CT molecular complexity index is 1520. The lowest BCUT2D eigenvalue weighted by molar-refractivity contribution is -0.141. The summed E-state index contributed by atoms with van der Waals surface area (Å²) in [6.45, 7) is 1.25. The molecule has 2 aromatic carbocycles. The summed E-state index contributed by atoms with van der Waals surface area (Å²) in [7, 11) is 0. The highest BCUT2D eigenvalue weighted by Gasteiger charge is 2.34. The standard InChI is InChI=1S/C25H20BrF4N5O3/c1-13-21(22(24(38)31-8-9-36)34-35(13)12-14-2-5-16(27)6-3-14)33-23(37)18-11-20(25(28,29)30)32-19-7-4-15(26)10-17(18)19/h2-7,10-11,36H,8-9,12H2,1H3,(H,31,38)(H,33,37). The van der Waals surface area contributed by atoms with E-state index in [1.165, 1.54) is 47.1 Å². The Kier molecular flexibility index (Phi) is 7.78. The molecule has 0 spiro atoms. The molecule has 2 heterocycles. The number of pyridine rings is 1. The van der Waals surface area contributed by atoms with Crippen molar-refractivity contribution < 1.29 is 32.3 Å². The minimum Gasteiger partial charge on any atom is -0.395 e. The average Bonchev–Trinajstić information content (AvgIpc) is 3.17. The number of rotatable bonds is 7. The number of amides is 2. The van der Waals surface area contributed by atoms with Crippen LogP contribution in [0.2, 0.25) is 0 Å². The molecule has 0 atom stereocenters. The molecular weight excluding hydrogens is 574 g/mol. The molecule has 38 heavy (non-hydrogen) atoms. The summed E-state index contributed by atoms with van der Waals surface area (Å²) < 4.78 is 55.9. The highest BCUT2D eigenvalue weighted by atomic mass is 79.9. The van der Waals surface area contributed by atoms with Gasteiger partial charge in [-0.05, 0) is 48.9 Å². The summed E-state index contributed by atoms with van der Waals surface area (Å²) in [5, 5.41) is 18.5. The molecule has 198 valence electrons. The number of hydrogen-bond donors (Lipinski definition) is 3. The van der Waals surface area contributed by atoms with Crippen molar-refractivity contribution in [3.8, 4) is 0 Å². The van der Waals surface area contributed by atoms with E-state index in [4.69, 9.17) is 5.11 Å². The number of carbonyl (C=O) groups excluding carboxylic acids is 2. The Morgan fingerprint density at radius 3 is 2.45 bits per heavy atom. The van der Waals surface area contributed by atoms with E-state index >= 15 is 0 Å². The number of hydrogen-bond acceptors (Lipinski definition) is 5. The first-order chi connectivity index (χ1) is 18.0. The van der Waals surface area contributed by atoms with Gasteiger partial charge >= 0.3 is 6.18 Å². The average molecular weight is 594 g/mol. The van der Waals surface area contributed by atoms with Gasteiger partial charge in [0.25, 0.3) is 11.8 Å². The number of anilines is 1. The highest BCUT2D eigenvalue weighted by molar-refractivity contribution is 9.10. The van der Waals surface area contributed by atoms with Crippen LogP contribution in [0.1, 0.15) is 37.8 Å². The number of aliphatic hydroxyl groups excluding tert-OH is 1. The van der Waals surface area contributed by atoms with Crippen LogP contribution in [0.3, 0.4) is 0 Å². The monoisotopic (exact) mass is 593 g/mol. The molecule has 13 heteroatoms. The minimum atomic E-state index is -4.80. The molecule has 0 bridgehead atoms. The first-order valence-corrected chi connectivity index (χ1v) is 12.0. The number of aliphatic hydroxyl groups is 1. The number of fused-ring (bicyclic) bond motifs is 1. The van der Waals surface area contributed by atoms with E-state index in [1.807, 2.05) is 0 Å². The Balaban J connectivity index is 1.78. The van der Waals surface area contributed by atoms with Crippen molar-refractivity contribution in [1.82, 2.24) is 20.1 Å². The summed E-state index contributed by atoms with van der Waals surface area (Å²) in [6, 6.07) is 10.5. The normalized spacial score (nSPS) is 11.6. The third-order valence-electron chi connectivity index (χ3n) is 5.61. The van der Waals surface area contributed by atoms with Gasteiger partial charge in [-0.2, -0.15) is 18.3 Å². The van der Waals surface area contributed by atoms with Gasteiger partial charge in [-0.1, -0.05) is 28.1 Å². The van der Waals surface area contributed by atoms with E-state index in [1.54, 1.807) is 6.92 Å². The van der Waals surface area contributed by atoms with Crippen molar-refractivity contribution in [2.45, 2.75) is 19.6 Å². The van der Waals surface area contributed by atoms with Crippen LogP contribution < -0.4 is 10.6 Å². The number of alkyl halides is 3. The summed E-state index contributed by atoms with van der Waals surface area (Å²) in [4.78, 5) is 29.8. The molecule has 4 aromatic rings. The van der Waals surface area contributed by atoms with Gasteiger partial charge in [0, 0.05) is 16.4 Å². The zero-order valence-corrected chi connectivity index (χ0v) is 21.3. The molecule has 2 amide bonds. The predicted molar refractivity (Wildman–Crippen MR) is 134 cm³/mol. The largest absolute Gasteiger partial charge is 0.433 e. The molecular formula is C25H20BrF4N5O3. The quantitative estimate of drug-likeness (QED) is 0.270. The molecule has 8 nitrogen and oxygen atoms in total. The molecule has 0 aliphatic rings. The van der Waals surface area contributed by atoms with Crippen LogP contribution in [-0.4, -0.2) is 44.8 Å². The van der Waals surface area contributed by atoms with Crippen LogP contribution in [0.5, 0.6) is 0 Å². The second-order valence-corrected chi connectivity index (χ2v) is 9.16. The zero-order valence-electron chi connectivity index (χ0n) is 19.7. The summed E-state index contributed by atoms with van der Waals surface area (Å²) in [5.74, 6) is -2.06. The van der Waals surface area contributed by atoms with Gasteiger partial charge in [-0.3, -0.25) is 14.3 Å². The Morgan fingerprint density at radius 2 is 1.79 bits per heavy atom. The fraction of sp³-hybridized carbons (Fsp3) is 0.200. The van der Waals surface area contributed by atoms with Crippen LogP contribution in [0.15, 0.2) is 53.0 Å². The van der Waals surface area contributed by atoms with Crippen molar-refractivity contribution in [3.05, 3.63) is 87.0 Å². The van der Waals surface area contributed by atoms with Crippen molar-refractivity contribution in [2.24, 2.45) is 0 Å². The number of nitrogens with one attached hydrogen (secondary N) is 2. The molecule has 0 aliphatic carbocycles. The van der Waals surface area contributed by atoms with Gasteiger partial charge in [0.2, 0.25) is 0 Å². The first kappa shape index (κ1) is 27.2. The molecule has 0 unspecified atom stereocenters. The van der Waals surface area contributed by atoms with Crippen LogP contribution >= 0.6 is 15.9 Å². The summed E-state index contributed by atoms with van der Waals surface area (Å²) in [6.07, 6.45) is -4.80. The Hall–Kier alpha value is -3.84. The van der Waals surface area contributed by atoms with Crippen LogP contribution in [-0.2, 0) is 12.7 Å². The smallest absolute Gasteiger partial charge is 0.395 e. The van der Waals surface area contributed by atoms with Crippen LogP contribution in [0, 0.1) is 12.7 Å². The highest BCUT2D eigenvalue weighted by Crippen LogP contribution is 2.33. The SMILES string of the molecule is Cc1c(NC(=O)c2cc(C(F)(F)F)nc3ccc(Br)cc23)c(C(=O)NCCO)nn1Cc1ccc(F)cc1. The minimum absolute atomic E-state index is 0.0268. The van der Waals surface area contributed by atoms with Gasteiger partial charge < -0.3 is 15.7 Å². The maximum atomic E-state index is 13.5. The molecule has 0 radical (unpaired) electrons. The van der Waals surface area contributed by atoms with Gasteiger partial charge in [0.1, 0.15) is 11.5 Å². The van der Waals surface area contributed by atoms with E-state index < -0.39 is 29.5 Å². The molecule has 0 saturated carbocycles. The van der Waals surface area contributed by atoms with E-state index in [0.717, 1.165) is 0 Å². The topological polar surface area (TPSA) is 109 Å². The van der Waals surface area contributed by atoms with Gasteiger partial charge in [0.15, 0.2) is 5.69 Å². The fourth-order valence-electron chi connectivity index (χ4n) is 3.74. The van der Waals surface area contributed by atoms with E-state index in [-0.39, 0.29) is 47.5 Å². The molecule has 0 fully saturated rings. The molecule has 4 rings (SSSR count). The number of aromatic nitrogens is 3. The number of nitrogens with zero attached hydrogens (tertiary/aromatic N) is 3. The van der Waals surface area contributed by atoms with Crippen molar-refractivity contribution >= 4 is 44.3 Å². The van der Waals surface area contributed by atoms with E-state index in [2.05, 4.69) is 36.6 Å². The van der Waals surface area contributed by atoms with Gasteiger partial charge in [-0.25, -0.2) is 9.37 Å². The molecule has 2 aromatic heterocycles. The Morgan fingerprint density at radius 1 is 1.08 bits per heavy atom. The van der Waals surface area contributed by atoms with Gasteiger partial charge in [0.05, 0.1) is 35.6 Å². The third kappa shape index (κ3) is 5.83. The zero-order chi connectivity index (χ0) is 27.6. The van der Waals surface area contributed by atoms with Crippen molar-refractivity contribution in [3.63, 3.8) is 0 Å². The number of halogens is 5. The molecule has 3 N–H and O–H groups in total. The molecule has 0 saturated heterocycles. The van der Waals surface area contributed by atoms with Crippen molar-refractivity contribution in [2.75, 3.05) is 18.5 Å². The van der Waals surface area contributed by atoms with Crippen molar-refractivity contribution in [1.29, 1.82) is 0 Å². The maximum absolute atomic E-state index is 13.5. The lowest BCUT2D eigenvalue weighted by Crippen LogP contribution is -2.28. The molecule has 0 aliphatic heterocycles. The van der Waals surface area contributed by atoms with Crippen LogP contribution in [0.4, 0.5) is 23.2 Å². The Labute approximate surface area is 221 Å². The maximum Gasteiger partial charge on any atom is 0.433 e. The summed E-state index contributed by atoms with van der Waals surface area (Å²) in [5.41, 5.74) is -0.858. The first-order valence-electron chi connectivity index (χ1n) is 11.2. The predicted octanol–water partition coefficient (Wildman–Crippen LogP) is 4.68. The summed E-state index contributed by atoms with van der Waals surface area (Å²) >= 11 is 3.25. The lowest BCUT2D eigenvalue weighted by Gasteiger charge is -2.13. The lowest BCUT2D eigenvalue weighted by atomic mass is 10.1. The third-order valence-corrected chi connectivity index (χ3v) is 6.10. The second-order valence-electron chi connectivity index (χ2n) is 8.24. The number of benzene rings is 2. The van der Waals surface area contributed by atoms with Crippen LogP contribution in [0.25, 0.3) is 10.9 Å².